The van der Waals surface area contributed by atoms with Crippen LogP contribution in [0, 0.1) is 0 Å². The molecule has 4 aromatic carbocycles. The molecule has 1 aliphatic rings. The molecule has 2 heteroatoms. The van der Waals surface area contributed by atoms with Gasteiger partial charge < -0.3 is 0 Å². The van der Waals surface area contributed by atoms with Crippen LogP contribution in [-0.2, 0) is 5.41 Å². The van der Waals surface area contributed by atoms with Crippen molar-refractivity contribution in [3.63, 3.8) is 0 Å². The molecular formula is C45H46N2. The summed E-state index contributed by atoms with van der Waals surface area (Å²) in [5.74, 6) is 0. The van der Waals surface area contributed by atoms with E-state index in [-0.39, 0.29) is 5.41 Å². The van der Waals surface area contributed by atoms with Crippen LogP contribution in [0.5, 0.6) is 0 Å². The Labute approximate surface area is 281 Å². The highest BCUT2D eigenvalue weighted by atomic mass is 14.8. The predicted molar refractivity (Wildman–Crippen MR) is 200 cm³/mol. The Morgan fingerprint density at radius 1 is 0.468 bits per heavy atom. The quantitative estimate of drug-likeness (QED) is 0.121. The zero-order valence-electron chi connectivity index (χ0n) is 28.0. The van der Waals surface area contributed by atoms with Gasteiger partial charge in [-0.25, -0.2) is 4.98 Å². The molecule has 2 aromatic heterocycles. The first-order chi connectivity index (χ1) is 23.2. The number of unbranched alkanes of at least 4 members (excludes halogenated alkanes) is 6. The molecule has 0 saturated carbocycles. The Balaban J connectivity index is 1.37. The molecule has 0 unspecified atom stereocenters. The Hall–Kier alpha value is -4.56. The Morgan fingerprint density at radius 3 is 1.89 bits per heavy atom. The fourth-order valence-electron chi connectivity index (χ4n) is 7.82. The second-order valence-corrected chi connectivity index (χ2v) is 13.4. The molecule has 0 saturated heterocycles. The number of hydrogen-bond donors (Lipinski definition) is 0. The lowest BCUT2D eigenvalue weighted by molar-refractivity contribution is 0.401. The van der Waals surface area contributed by atoms with Crippen LogP contribution in [0.1, 0.15) is 89.2 Å². The maximum Gasteiger partial charge on any atom is 0.0900 e. The minimum absolute atomic E-state index is 0.0448. The van der Waals surface area contributed by atoms with Crippen LogP contribution in [0.25, 0.3) is 55.7 Å². The van der Waals surface area contributed by atoms with Crippen molar-refractivity contribution in [3.05, 3.63) is 133 Å². The van der Waals surface area contributed by atoms with Crippen LogP contribution < -0.4 is 0 Å². The van der Waals surface area contributed by atoms with Crippen molar-refractivity contribution in [3.8, 4) is 44.9 Å². The Morgan fingerprint density at radius 2 is 1.13 bits per heavy atom. The third-order valence-electron chi connectivity index (χ3n) is 10.3. The molecule has 0 amide bonds. The van der Waals surface area contributed by atoms with Gasteiger partial charge in [-0.2, -0.15) is 0 Å². The van der Waals surface area contributed by atoms with Crippen molar-refractivity contribution in [1.82, 2.24) is 9.97 Å². The normalized spacial score (nSPS) is 13.1. The van der Waals surface area contributed by atoms with Gasteiger partial charge in [0.25, 0.3) is 0 Å². The van der Waals surface area contributed by atoms with Crippen molar-refractivity contribution in [1.29, 1.82) is 0 Å². The second-order valence-electron chi connectivity index (χ2n) is 13.4. The van der Waals surface area contributed by atoms with Gasteiger partial charge in [0, 0.05) is 22.6 Å². The minimum Gasteiger partial charge on any atom is -0.254 e. The average molecular weight is 615 g/mol. The molecule has 7 rings (SSSR count). The third kappa shape index (κ3) is 6.26. The topological polar surface area (TPSA) is 25.8 Å². The molecule has 2 heterocycles. The standard InChI is InChI=1S/C45H46N2/c1-3-5-7-16-26-45(27-17-8-6-4-2)40-23-15-14-22-38(40)39-25-24-35(28-41(39)45)42-30-37(33-18-10-9-11-19-33)31-44(47-42)43-29-34-20-12-13-21-36(34)32-46-43/h9-15,18-25,28-32H,3-8,16-17,26-27H2,1-2H3. The Kier molecular flexibility index (Phi) is 9.29. The maximum atomic E-state index is 5.34. The number of pyridine rings is 2. The molecule has 47 heavy (non-hydrogen) atoms. The number of rotatable bonds is 13. The van der Waals surface area contributed by atoms with E-state index in [1.807, 2.05) is 6.20 Å². The van der Waals surface area contributed by atoms with Gasteiger partial charge in [-0.3, -0.25) is 4.98 Å². The molecule has 6 aromatic rings. The Bertz CT molecular complexity index is 1960. The van der Waals surface area contributed by atoms with E-state index in [9.17, 15) is 0 Å². The molecule has 0 bridgehead atoms. The van der Waals surface area contributed by atoms with Crippen LogP contribution >= 0.6 is 0 Å². The summed E-state index contributed by atoms with van der Waals surface area (Å²) in [7, 11) is 0. The molecule has 0 atom stereocenters. The third-order valence-corrected chi connectivity index (χ3v) is 10.3. The summed E-state index contributed by atoms with van der Waals surface area (Å²) in [6, 6.07) is 42.2. The lowest BCUT2D eigenvalue weighted by Gasteiger charge is -2.33. The average Bonchev–Trinajstić information content (AvgIpc) is 3.41. The van der Waals surface area contributed by atoms with Crippen LogP contribution in [0.4, 0.5) is 0 Å². The summed E-state index contributed by atoms with van der Waals surface area (Å²) in [6.07, 6.45) is 14.6. The van der Waals surface area contributed by atoms with E-state index >= 15 is 0 Å². The largest absolute Gasteiger partial charge is 0.254 e. The molecule has 0 aliphatic heterocycles. The van der Waals surface area contributed by atoms with Gasteiger partial charge in [0.15, 0.2) is 0 Å². The van der Waals surface area contributed by atoms with Crippen LogP contribution in [-0.4, -0.2) is 9.97 Å². The van der Waals surface area contributed by atoms with Crippen molar-refractivity contribution >= 4 is 10.8 Å². The molecule has 0 fully saturated rings. The van der Waals surface area contributed by atoms with Crippen molar-refractivity contribution < 1.29 is 0 Å². The number of benzene rings is 4. The van der Waals surface area contributed by atoms with Gasteiger partial charge in [0.1, 0.15) is 0 Å². The molecular weight excluding hydrogens is 569 g/mol. The number of aromatic nitrogens is 2. The van der Waals surface area contributed by atoms with Gasteiger partial charge >= 0.3 is 0 Å². The first-order valence-corrected chi connectivity index (χ1v) is 17.9. The van der Waals surface area contributed by atoms with Crippen molar-refractivity contribution in [2.75, 3.05) is 0 Å². The van der Waals surface area contributed by atoms with Gasteiger partial charge in [0.2, 0.25) is 0 Å². The molecule has 0 N–H and O–H groups in total. The van der Waals surface area contributed by atoms with Crippen molar-refractivity contribution in [2.24, 2.45) is 0 Å². The van der Waals surface area contributed by atoms with E-state index < -0.39 is 0 Å². The number of nitrogens with zero attached hydrogens (tertiary/aromatic N) is 2. The minimum atomic E-state index is 0.0448. The van der Waals surface area contributed by atoms with E-state index in [4.69, 9.17) is 9.97 Å². The summed E-state index contributed by atoms with van der Waals surface area (Å²) >= 11 is 0. The van der Waals surface area contributed by atoms with E-state index in [0.29, 0.717) is 0 Å². The SMILES string of the molecule is CCCCCCC1(CCCCCC)c2ccccc2-c2ccc(-c3cc(-c4ccccc4)cc(-c4cc5ccccc5cn4)n3)cc21. The van der Waals surface area contributed by atoms with Gasteiger partial charge in [-0.1, -0.05) is 156 Å². The summed E-state index contributed by atoms with van der Waals surface area (Å²) in [5, 5.41) is 2.32. The van der Waals surface area contributed by atoms with Gasteiger partial charge in [0.05, 0.1) is 17.1 Å². The van der Waals surface area contributed by atoms with Crippen LogP contribution in [0.2, 0.25) is 0 Å². The maximum absolute atomic E-state index is 5.34. The van der Waals surface area contributed by atoms with Crippen LogP contribution in [0.3, 0.4) is 0 Å². The lowest BCUT2D eigenvalue weighted by Crippen LogP contribution is -2.25. The highest BCUT2D eigenvalue weighted by Crippen LogP contribution is 2.55. The summed E-state index contributed by atoms with van der Waals surface area (Å²) in [4.78, 5) is 10.2. The zero-order valence-corrected chi connectivity index (χ0v) is 28.0. The fraction of sp³-hybridized carbons (Fsp3) is 0.289. The van der Waals surface area contributed by atoms with E-state index in [1.165, 1.54) is 103 Å². The second kappa shape index (κ2) is 14.1. The molecule has 0 spiro atoms. The summed E-state index contributed by atoms with van der Waals surface area (Å²) in [6.45, 7) is 4.62. The highest BCUT2D eigenvalue weighted by Gasteiger charge is 2.42. The first-order valence-electron chi connectivity index (χ1n) is 17.9. The van der Waals surface area contributed by atoms with Crippen molar-refractivity contribution in [2.45, 2.75) is 83.5 Å². The predicted octanol–water partition coefficient (Wildman–Crippen LogP) is 12.8. The first kappa shape index (κ1) is 31.1. The smallest absolute Gasteiger partial charge is 0.0900 e. The highest BCUT2D eigenvalue weighted by molar-refractivity contribution is 5.87. The summed E-state index contributed by atoms with van der Waals surface area (Å²) in [5.41, 5.74) is 12.3. The van der Waals surface area contributed by atoms with E-state index in [1.54, 1.807) is 0 Å². The monoisotopic (exact) mass is 614 g/mol. The van der Waals surface area contributed by atoms with Gasteiger partial charge in [-0.15, -0.1) is 0 Å². The molecule has 1 aliphatic carbocycles. The lowest BCUT2D eigenvalue weighted by atomic mass is 9.70. The molecule has 0 radical (unpaired) electrons. The number of fused-ring (bicyclic) bond motifs is 4. The van der Waals surface area contributed by atoms with E-state index in [2.05, 4.69) is 129 Å². The fourth-order valence-corrected chi connectivity index (χ4v) is 7.82. The molecule has 236 valence electrons. The van der Waals surface area contributed by atoms with Gasteiger partial charge in [-0.05, 0) is 75.9 Å². The number of hydrogen-bond acceptors (Lipinski definition) is 2. The van der Waals surface area contributed by atoms with E-state index in [0.717, 1.165) is 28.0 Å². The molecule has 2 nitrogen and oxygen atoms in total. The van der Waals surface area contributed by atoms with Crippen LogP contribution in [0.15, 0.2) is 121 Å². The zero-order chi connectivity index (χ0) is 32.1. The summed E-state index contributed by atoms with van der Waals surface area (Å²) < 4.78 is 0.